The third-order valence-electron chi connectivity index (χ3n) is 4.07. The number of hydrogen-bond acceptors (Lipinski definition) is 2. The third kappa shape index (κ3) is 2.92. The van der Waals surface area contributed by atoms with Crippen molar-refractivity contribution in [1.82, 2.24) is 5.32 Å². The Bertz CT molecular complexity index is 376. The molecule has 0 aromatic carbocycles. The van der Waals surface area contributed by atoms with Gasteiger partial charge in [0.05, 0.1) is 0 Å². The van der Waals surface area contributed by atoms with Crippen LogP contribution in [0.15, 0.2) is 10.5 Å². The Hall–Kier alpha value is -0.760. The van der Waals surface area contributed by atoms with Gasteiger partial charge in [-0.25, -0.2) is 0 Å². The zero-order valence-corrected chi connectivity index (χ0v) is 11.6. The van der Waals surface area contributed by atoms with Crippen LogP contribution in [0.4, 0.5) is 0 Å². The molecule has 1 heterocycles. The first-order chi connectivity index (χ1) is 8.06. The molecule has 1 N–H and O–H groups in total. The van der Waals surface area contributed by atoms with Gasteiger partial charge in [0.1, 0.15) is 11.5 Å². The third-order valence-corrected chi connectivity index (χ3v) is 4.07. The fourth-order valence-electron chi connectivity index (χ4n) is 2.78. The zero-order valence-electron chi connectivity index (χ0n) is 11.6. The summed E-state index contributed by atoms with van der Waals surface area (Å²) in [6.45, 7) is 9.75. The van der Waals surface area contributed by atoms with E-state index in [1.807, 2.05) is 6.92 Å². The second-order valence-corrected chi connectivity index (χ2v) is 5.72. The minimum Gasteiger partial charge on any atom is -0.466 e. The summed E-state index contributed by atoms with van der Waals surface area (Å²) in [6, 6.07) is 2.56. The van der Waals surface area contributed by atoms with Gasteiger partial charge in [0.15, 0.2) is 0 Å². The van der Waals surface area contributed by atoms with Gasteiger partial charge in [0.25, 0.3) is 0 Å². The lowest BCUT2D eigenvalue weighted by Crippen LogP contribution is -2.26. The Balaban J connectivity index is 1.89. The van der Waals surface area contributed by atoms with E-state index in [1.165, 1.54) is 31.2 Å². The summed E-state index contributed by atoms with van der Waals surface area (Å²) in [5, 5.41) is 3.68. The molecular weight excluding hydrogens is 210 g/mol. The van der Waals surface area contributed by atoms with Crippen molar-refractivity contribution in [2.75, 3.05) is 6.54 Å². The molecule has 0 saturated heterocycles. The zero-order chi connectivity index (χ0) is 12.5. The molecule has 1 saturated carbocycles. The van der Waals surface area contributed by atoms with E-state index >= 15 is 0 Å². The van der Waals surface area contributed by atoms with Gasteiger partial charge in [-0.3, -0.25) is 0 Å². The maximum atomic E-state index is 5.59. The maximum absolute atomic E-state index is 5.59. The maximum Gasteiger partial charge on any atom is 0.105 e. The molecule has 1 unspecified atom stereocenters. The number of hydrogen-bond donors (Lipinski definition) is 1. The first kappa shape index (κ1) is 12.7. The quantitative estimate of drug-likeness (QED) is 0.802. The fraction of sp³-hybridized carbons (Fsp3) is 0.733. The van der Waals surface area contributed by atoms with Gasteiger partial charge in [0, 0.05) is 18.2 Å². The van der Waals surface area contributed by atoms with Crippen LogP contribution >= 0.6 is 0 Å². The van der Waals surface area contributed by atoms with Gasteiger partial charge >= 0.3 is 0 Å². The first-order valence-electron chi connectivity index (χ1n) is 6.87. The van der Waals surface area contributed by atoms with Gasteiger partial charge < -0.3 is 9.73 Å². The normalized spacial score (nSPS) is 19.3. The summed E-state index contributed by atoms with van der Waals surface area (Å²) in [5.74, 6) is 2.07. The summed E-state index contributed by atoms with van der Waals surface area (Å²) in [4.78, 5) is 0. The van der Waals surface area contributed by atoms with Crippen LogP contribution in [0.25, 0.3) is 0 Å². The monoisotopic (exact) mass is 235 g/mol. The van der Waals surface area contributed by atoms with Crippen molar-refractivity contribution in [2.24, 2.45) is 5.41 Å². The number of furan rings is 1. The number of rotatable bonds is 6. The first-order valence-corrected chi connectivity index (χ1v) is 6.87. The molecule has 2 nitrogen and oxygen atoms in total. The standard InChI is InChI=1S/C15H25NO/c1-5-6-15(7-8-15)10-16-12(3)14-9-11(2)17-13(14)4/h9,12,16H,5-8,10H2,1-4H3. The summed E-state index contributed by atoms with van der Waals surface area (Å²) in [6.07, 6.45) is 5.49. The molecule has 2 rings (SSSR count). The lowest BCUT2D eigenvalue weighted by atomic mass is 9.99. The Kier molecular flexibility index (Phi) is 3.62. The van der Waals surface area contributed by atoms with Crippen LogP contribution in [0.2, 0.25) is 0 Å². The molecular formula is C15H25NO. The fourth-order valence-corrected chi connectivity index (χ4v) is 2.78. The van der Waals surface area contributed by atoms with Crippen molar-refractivity contribution in [3.63, 3.8) is 0 Å². The average Bonchev–Trinajstić information content (AvgIpc) is 2.95. The molecule has 0 amide bonds. The van der Waals surface area contributed by atoms with E-state index in [0.717, 1.165) is 18.1 Å². The second kappa shape index (κ2) is 4.85. The summed E-state index contributed by atoms with van der Waals surface area (Å²) in [7, 11) is 0. The second-order valence-electron chi connectivity index (χ2n) is 5.72. The molecule has 1 fully saturated rings. The smallest absolute Gasteiger partial charge is 0.105 e. The number of nitrogens with one attached hydrogen (secondary N) is 1. The lowest BCUT2D eigenvalue weighted by Gasteiger charge is -2.19. The number of aryl methyl sites for hydroxylation is 2. The van der Waals surface area contributed by atoms with Crippen LogP contribution in [0, 0.1) is 19.3 Å². The molecule has 1 aliphatic rings. The molecule has 2 heteroatoms. The van der Waals surface area contributed by atoms with Crippen LogP contribution in [-0.4, -0.2) is 6.54 Å². The minimum absolute atomic E-state index is 0.404. The van der Waals surface area contributed by atoms with Crippen LogP contribution < -0.4 is 5.32 Å². The van der Waals surface area contributed by atoms with E-state index in [4.69, 9.17) is 4.42 Å². The molecule has 0 radical (unpaired) electrons. The highest BCUT2D eigenvalue weighted by Gasteiger charge is 2.41. The minimum atomic E-state index is 0.404. The van der Waals surface area contributed by atoms with Gasteiger partial charge in [-0.05, 0) is 51.5 Å². The van der Waals surface area contributed by atoms with Gasteiger partial charge in [-0.1, -0.05) is 13.3 Å². The molecule has 0 aliphatic heterocycles. The van der Waals surface area contributed by atoms with Crippen molar-refractivity contribution in [2.45, 2.75) is 59.4 Å². The molecule has 17 heavy (non-hydrogen) atoms. The highest BCUT2D eigenvalue weighted by Crippen LogP contribution is 2.49. The predicted molar refractivity (Wildman–Crippen MR) is 71.2 cm³/mol. The van der Waals surface area contributed by atoms with E-state index in [0.29, 0.717) is 11.5 Å². The highest BCUT2D eigenvalue weighted by molar-refractivity contribution is 5.23. The van der Waals surface area contributed by atoms with Crippen molar-refractivity contribution in [1.29, 1.82) is 0 Å². The topological polar surface area (TPSA) is 25.2 Å². The molecule has 0 bridgehead atoms. The summed E-state index contributed by atoms with van der Waals surface area (Å²) >= 11 is 0. The SMILES string of the molecule is CCCC1(CNC(C)c2cc(C)oc2C)CC1. The highest BCUT2D eigenvalue weighted by atomic mass is 16.3. The largest absolute Gasteiger partial charge is 0.466 e. The average molecular weight is 235 g/mol. The van der Waals surface area contributed by atoms with Crippen molar-refractivity contribution in [3.05, 3.63) is 23.2 Å². The van der Waals surface area contributed by atoms with Gasteiger partial charge in [-0.15, -0.1) is 0 Å². The van der Waals surface area contributed by atoms with Gasteiger partial charge in [-0.2, -0.15) is 0 Å². The molecule has 1 atom stereocenters. The van der Waals surface area contributed by atoms with Crippen molar-refractivity contribution >= 4 is 0 Å². The lowest BCUT2D eigenvalue weighted by molar-refractivity contribution is 0.394. The Labute approximate surface area is 105 Å². The van der Waals surface area contributed by atoms with Gasteiger partial charge in [0.2, 0.25) is 0 Å². The van der Waals surface area contributed by atoms with E-state index in [9.17, 15) is 0 Å². The summed E-state index contributed by atoms with van der Waals surface area (Å²) < 4.78 is 5.59. The van der Waals surface area contributed by atoms with Crippen LogP contribution in [0.3, 0.4) is 0 Å². The molecule has 96 valence electrons. The Morgan fingerprint density at radius 2 is 2.12 bits per heavy atom. The van der Waals surface area contributed by atoms with Crippen LogP contribution in [-0.2, 0) is 0 Å². The van der Waals surface area contributed by atoms with E-state index in [2.05, 4.69) is 32.2 Å². The molecule has 1 aliphatic carbocycles. The van der Waals surface area contributed by atoms with E-state index < -0.39 is 0 Å². The molecule has 0 spiro atoms. The molecule has 1 aromatic rings. The predicted octanol–water partition coefficient (Wildman–Crippen LogP) is 4.13. The molecule has 1 aromatic heterocycles. The van der Waals surface area contributed by atoms with Crippen LogP contribution in [0.1, 0.15) is 62.7 Å². The van der Waals surface area contributed by atoms with Crippen molar-refractivity contribution < 1.29 is 4.42 Å². The van der Waals surface area contributed by atoms with Crippen molar-refractivity contribution in [3.8, 4) is 0 Å². The summed E-state index contributed by atoms with van der Waals surface area (Å²) in [5.41, 5.74) is 1.94. The van der Waals surface area contributed by atoms with Crippen LogP contribution in [0.5, 0.6) is 0 Å². The Morgan fingerprint density at radius 1 is 1.41 bits per heavy atom. The van der Waals surface area contributed by atoms with E-state index in [1.54, 1.807) is 0 Å². The van der Waals surface area contributed by atoms with E-state index in [-0.39, 0.29) is 0 Å². The Morgan fingerprint density at radius 3 is 2.59 bits per heavy atom.